The third-order valence-electron chi connectivity index (χ3n) is 7.56. The van der Waals surface area contributed by atoms with Crippen molar-refractivity contribution in [1.29, 1.82) is 0 Å². The second-order valence-corrected chi connectivity index (χ2v) is 10.7. The summed E-state index contributed by atoms with van der Waals surface area (Å²) in [5, 5.41) is 13.7. The molecule has 0 aliphatic carbocycles. The van der Waals surface area contributed by atoms with Crippen LogP contribution < -0.4 is 5.56 Å². The zero-order chi connectivity index (χ0) is 26.8. The van der Waals surface area contributed by atoms with E-state index in [1.165, 1.54) is 12.1 Å². The van der Waals surface area contributed by atoms with Crippen LogP contribution in [0.15, 0.2) is 47.3 Å². The second-order valence-electron chi connectivity index (χ2n) is 10.7. The molecule has 8 nitrogen and oxygen atoms in total. The van der Waals surface area contributed by atoms with E-state index >= 15 is 0 Å². The summed E-state index contributed by atoms with van der Waals surface area (Å²) < 4.78 is 21.3. The van der Waals surface area contributed by atoms with E-state index in [-0.39, 0.29) is 29.4 Å². The van der Waals surface area contributed by atoms with Gasteiger partial charge in [0.2, 0.25) is 0 Å². The first-order chi connectivity index (χ1) is 18.3. The average Bonchev–Trinajstić information content (AvgIpc) is 3.56. The monoisotopic (exact) mass is 518 g/mol. The molecule has 1 N–H and O–H groups in total. The normalized spacial score (nSPS) is 16.7. The first-order valence-electron chi connectivity index (χ1n) is 13.3. The number of halogens is 1. The standard InChI is InChI=1S/C29H35FN6O2/c1-18(2)27(28-32-33-34-36(28)15-21-8-11-24(30)12-9-21)35(17-25-6-5-13-38-25)16-23-14-22-10-7-19(3)20(4)26(22)31-29(23)37/h7-12,14,18,25,27H,5-6,13,15-17H2,1-4H3,(H,31,37). The summed E-state index contributed by atoms with van der Waals surface area (Å²) in [5.41, 5.74) is 4.63. The topological polar surface area (TPSA) is 88.9 Å². The number of aryl methyl sites for hydroxylation is 2. The lowest BCUT2D eigenvalue weighted by Crippen LogP contribution is -2.40. The number of rotatable bonds is 9. The van der Waals surface area contributed by atoms with Gasteiger partial charge < -0.3 is 9.72 Å². The van der Waals surface area contributed by atoms with E-state index < -0.39 is 0 Å². The van der Waals surface area contributed by atoms with Crippen LogP contribution in [0.25, 0.3) is 10.9 Å². The molecule has 2 atom stereocenters. The second kappa shape index (κ2) is 11.1. The van der Waals surface area contributed by atoms with Crippen LogP contribution in [-0.4, -0.2) is 49.3 Å². The van der Waals surface area contributed by atoms with Crippen molar-refractivity contribution in [1.82, 2.24) is 30.1 Å². The van der Waals surface area contributed by atoms with Gasteiger partial charge in [-0.15, -0.1) is 5.10 Å². The molecule has 4 aromatic rings. The number of pyridine rings is 1. The Hall–Kier alpha value is -3.43. The number of tetrazole rings is 1. The Kier molecular flexibility index (Phi) is 7.67. The lowest BCUT2D eigenvalue weighted by atomic mass is 9.99. The van der Waals surface area contributed by atoms with Crippen LogP contribution >= 0.6 is 0 Å². The Morgan fingerprint density at radius 2 is 1.97 bits per heavy atom. The number of nitrogens with one attached hydrogen (secondary N) is 1. The summed E-state index contributed by atoms with van der Waals surface area (Å²) in [7, 11) is 0. The zero-order valence-electron chi connectivity index (χ0n) is 22.4. The molecule has 0 amide bonds. The third-order valence-corrected chi connectivity index (χ3v) is 7.56. The maximum atomic E-state index is 13.5. The molecule has 1 aliphatic rings. The fourth-order valence-electron chi connectivity index (χ4n) is 5.41. The fraction of sp³-hybridized carbons (Fsp3) is 0.448. The van der Waals surface area contributed by atoms with Crippen LogP contribution in [0.3, 0.4) is 0 Å². The van der Waals surface area contributed by atoms with Gasteiger partial charge in [0.25, 0.3) is 5.56 Å². The van der Waals surface area contributed by atoms with Crippen LogP contribution in [0.2, 0.25) is 0 Å². The number of nitrogens with zero attached hydrogens (tertiary/aromatic N) is 5. The predicted octanol–water partition coefficient (Wildman–Crippen LogP) is 4.70. The Morgan fingerprint density at radius 3 is 2.68 bits per heavy atom. The number of ether oxygens (including phenoxy) is 1. The number of hydrogen-bond acceptors (Lipinski definition) is 6. The van der Waals surface area contributed by atoms with E-state index in [4.69, 9.17) is 4.74 Å². The Bertz CT molecular complexity index is 1460. The molecule has 0 spiro atoms. The summed E-state index contributed by atoms with van der Waals surface area (Å²) in [6.07, 6.45) is 2.10. The molecule has 2 aromatic heterocycles. The fourth-order valence-corrected chi connectivity index (χ4v) is 5.41. The molecule has 5 rings (SSSR count). The summed E-state index contributed by atoms with van der Waals surface area (Å²) in [6.45, 7) is 10.6. The number of aromatic nitrogens is 5. The molecule has 2 aromatic carbocycles. The molecule has 1 aliphatic heterocycles. The molecule has 200 valence electrons. The lowest BCUT2D eigenvalue weighted by molar-refractivity contribution is 0.0385. The largest absolute Gasteiger partial charge is 0.377 e. The molecular weight excluding hydrogens is 483 g/mol. The minimum Gasteiger partial charge on any atom is -0.377 e. The van der Waals surface area contributed by atoms with Crippen LogP contribution in [0, 0.1) is 25.6 Å². The van der Waals surface area contributed by atoms with Gasteiger partial charge in [0.15, 0.2) is 5.82 Å². The smallest absolute Gasteiger partial charge is 0.252 e. The van der Waals surface area contributed by atoms with Crippen molar-refractivity contribution in [2.45, 2.75) is 65.8 Å². The maximum Gasteiger partial charge on any atom is 0.252 e. The number of benzene rings is 2. The highest BCUT2D eigenvalue weighted by atomic mass is 19.1. The van der Waals surface area contributed by atoms with Gasteiger partial charge in [-0.25, -0.2) is 9.07 Å². The van der Waals surface area contributed by atoms with Gasteiger partial charge in [-0.1, -0.05) is 38.1 Å². The van der Waals surface area contributed by atoms with Gasteiger partial charge in [0, 0.05) is 25.3 Å². The van der Waals surface area contributed by atoms with Gasteiger partial charge in [0.1, 0.15) is 5.82 Å². The molecule has 0 saturated carbocycles. The molecular formula is C29H35FN6O2. The van der Waals surface area contributed by atoms with Crippen LogP contribution in [-0.2, 0) is 17.8 Å². The average molecular weight is 519 g/mol. The van der Waals surface area contributed by atoms with Gasteiger partial charge in [-0.3, -0.25) is 9.69 Å². The SMILES string of the molecule is Cc1ccc2cc(CN(CC3CCCO3)C(c3nnnn3Cc3ccc(F)cc3)C(C)C)c(=O)[nH]c2c1C. The van der Waals surface area contributed by atoms with Crippen molar-refractivity contribution in [2.75, 3.05) is 13.2 Å². The van der Waals surface area contributed by atoms with E-state index in [2.05, 4.69) is 51.4 Å². The summed E-state index contributed by atoms with van der Waals surface area (Å²) in [4.78, 5) is 18.7. The molecule has 1 saturated heterocycles. The molecule has 9 heteroatoms. The Balaban J connectivity index is 1.51. The van der Waals surface area contributed by atoms with Crippen molar-refractivity contribution in [3.8, 4) is 0 Å². The quantitative estimate of drug-likeness (QED) is 0.346. The molecule has 1 fully saturated rings. The number of H-pyrrole nitrogens is 1. The first kappa shape index (κ1) is 26.2. The zero-order valence-corrected chi connectivity index (χ0v) is 22.4. The van der Waals surface area contributed by atoms with Gasteiger partial charge in [0.05, 0.1) is 24.2 Å². The molecule has 2 unspecified atom stereocenters. The highest BCUT2D eigenvalue weighted by Crippen LogP contribution is 2.31. The maximum absolute atomic E-state index is 13.5. The molecule has 3 heterocycles. The highest BCUT2D eigenvalue weighted by molar-refractivity contribution is 5.83. The van der Waals surface area contributed by atoms with E-state index in [1.54, 1.807) is 16.8 Å². The van der Waals surface area contributed by atoms with Crippen LogP contribution in [0.5, 0.6) is 0 Å². The minimum absolute atomic E-state index is 0.0853. The van der Waals surface area contributed by atoms with Crippen molar-refractivity contribution >= 4 is 10.9 Å². The van der Waals surface area contributed by atoms with Crippen molar-refractivity contribution in [3.63, 3.8) is 0 Å². The van der Waals surface area contributed by atoms with Crippen molar-refractivity contribution in [3.05, 3.63) is 86.7 Å². The predicted molar refractivity (Wildman–Crippen MR) is 144 cm³/mol. The lowest BCUT2D eigenvalue weighted by Gasteiger charge is -2.35. The molecule has 38 heavy (non-hydrogen) atoms. The molecule has 0 bridgehead atoms. The van der Waals surface area contributed by atoms with Crippen LogP contribution in [0.4, 0.5) is 4.39 Å². The summed E-state index contributed by atoms with van der Waals surface area (Å²) in [6, 6.07) is 12.4. The number of aromatic amines is 1. The van der Waals surface area contributed by atoms with Gasteiger partial charge in [-0.05, 0) is 83.3 Å². The van der Waals surface area contributed by atoms with Crippen molar-refractivity contribution in [2.24, 2.45) is 5.92 Å². The third kappa shape index (κ3) is 5.54. The first-order valence-corrected chi connectivity index (χ1v) is 13.3. The van der Waals surface area contributed by atoms with Crippen molar-refractivity contribution < 1.29 is 9.13 Å². The Labute approximate surface area is 221 Å². The minimum atomic E-state index is -0.278. The molecule has 0 radical (unpaired) electrons. The van der Waals surface area contributed by atoms with Gasteiger partial charge >= 0.3 is 0 Å². The van der Waals surface area contributed by atoms with E-state index in [1.807, 2.05) is 19.9 Å². The van der Waals surface area contributed by atoms with E-state index in [0.717, 1.165) is 47.0 Å². The number of fused-ring (bicyclic) bond motifs is 1. The highest BCUT2D eigenvalue weighted by Gasteiger charge is 2.32. The summed E-state index contributed by atoms with van der Waals surface area (Å²) in [5.74, 6) is 0.587. The van der Waals surface area contributed by atoms with E-state index in [9.17, 15) is 9.18 Å². The summed E-state index contributed by atoms with van der Waals surface area (Å²) >= 11 is 0. The van der Waals surface area contributed by atoms with Crippen LogP contribution in [0.1, 0.15) is 60.8 Å². The Morgan fingerprint density at radius 1 is 1.18 bits per heavy atom. The van der Waals surface area contributed by atoms with Gasteiger partial charge in [-0.2, -0.15) is 0 Å². The number of hydrogen-bond donors (Lipinski definition) is 1. The van der Waals surface area contributed by atoms with E-state index in [0.29, 0.717) is 31.0 Å².